The van der Waals surface area contributed by atoms with Crippen LogP contribution in [0.2, 0.25) is 0 Å². The Kier molecular flexibility index (Phi) is 3.56. The molecule has 2 radical (unpaired) electrons. The van der Waals surface area contributed by atoms with E-state index in [1.807, 2.05) is 12.1 Å². The summed E-state index contributed by atoms with van der Waals surface area (Å²) in [5.74, 6) is 1.44. The number of nitrogens with zero attached hydrogens (tertiary/aromatic N) is 7. The van der Waals surface area contributed by atoms with Gasteiger partial charge in [-0.25, -0.2) is 4.98 Å². The average Bonchev–Trinajstić information content (AvgIpc) is 3.32. The molecular weight excluding hydrogens is 307 g/mol. The van der Waals surface area contributed by atoms with Crippen LogP contribution in [0.1, 0.15) is 12.8 Å². The lowest BCUT2D eigenvalue weighted by atomic mass is 10.1. The van der Waals surface area contributed by atoms with Gasteiger partial charge in [-0.15, -0.1) is 20.4 Å². The lowest BCUT2D eigenvalue weighted by Gasteiger charge is -2.09. The van der Waals surface area contributed by atoms with Crippen LogP contribution in [0.4, 0.5) is 5.95 Å². The van der Waals surface area contributed by atoms with Crippen molar-refractivity contribution in [3.8, 4) is 28.4 Å². The van der Waals surface area contributed by atoms with Gasteiger partial charge < -0.3 is 9.97 Å². The van der Waals surface area contributed by atoms with Gasteiger partial charge in [0.05, 0.1) is 13.2 Å². The molecule has 1 aromatic carbocycles. The van der Waals surface area contributed by atoms with Crippen molar-refractivity contribution in [2.75, 3.05) is 5.32 Å². The molecule has 1 aliphatic carbocycles. The highest BCUT2D eigenvalue weighted by Crippen LogP contribution is 2.31. The van der Waals surface area contributed by atoms with Crippen molar-refractivity contribution in [3.63, 3.8) is 0 Å². The van der Waals surface area contributed by atoms with E-state index in [-0.39, 0.29) is 0 Å². The zero-order valence-corrected chi connectivity index (χ0v) is 12.9. The number of aromatic nitrogens is 7. The quantitative estimate of drug-likeness (QED) is 0.687. The second-order valence-electron chi connectivity index (χ2n) is 5.52. The van der Waals surface area contributed by atoms with Crippen LogP contribution in [0.3, 0.4) is 0 Å². The Bertz CT molecular complexity index is 861. The fourth-order valence-corrected chi connectivity index (χ4v) is 2.25. The van der Waals surface area contributed by atoms with E-state index >= 15 is 0 Å². The minimum atomic E-state index is 0.430. The summed E-state index contributed by atoms with van der Waals surface area (Å²) < 4.78 is 4.98. The number of nitrogens with one attached hydrogen (secondary N) is 1. The first-order chi connectivity index (χ1) is 11.7. The zero-order chi connectivity index (χ0) is 16.5. The molecule has 0 bridgehead atoms. The first kappa shape index (κ1) is 14.6. The highest BCUT2D eigenvalue weighted by atomic mass is 16.4. The van der Waals surface area contributed by atoms with Gasteiger partial charge in [-0.05, 0) is 30.2 Å². The Hall–Kier alpha value is -3.04. The van der Waals surface area contributed by atoms with Crippen LogP contribution >= 0.6 is 0 Å². The fraction of sp³-hybridized carbons (Fsp3) is 0.286. The molecule has 10 heteroatoms. The lowest BCUT2D eigenvalue weighted by molar-refractivity contribution is 0.618. The van der Waals surface area contributed by atoms with Gasteiger partial charge >= 0.3 is 8.05 Å². The summed E-state index contributed by atoms with van der Waals surface area (Å²) in [6.45, 7) is 0. The van der Waals surface area contributed by atoms with E-state index in [2.05, 4.69) is 35.9 Å². The van der Waals surface area contributed by atoms with E-state index in [1.165, 1.54) is 4.80 Å². The number of benzene rings is 1. The van der Waals surface area contributed by atoms with E-state index in [9.17, 15) is 0 Å². The predicted octanol–water partition coefficient (Wildman–Crippen LogP) is 0.766. The van der Waals surface area contributed by atoms with Gasteiger partial charge in [-0.2, -0.15) is 4.80 Å². The number of hydrogen-bond acceptors (Lipinski definition) is 8. The maximum atomic E-state index is 5.40. The van der Waals surface area contributed by atoms with Crippen LogP contribution in [-0.2, 0) is 7.05 Å². The Morgan fingerprint density at radius 2 is 2.12 bits per heavy atom. The van der Waals surface area contributed by atoms with Crippen molar-refractivity contribution < 1.29 is 4.65 Å². The molecule has 1 N–H and O–H groups in total. The molecule has 0 saturated heterocycles. The summed E-state index contributed by atoms with van der Waals surface area (Å²) in [6.07, 6.45) is 3.93. The van der Waals surface area contributed by atoms with Crippen LogP contribution in [0, 0.1) is 0 Å². The number of rotatable bonds is 5. The molecule has 24 heavy (non-hydrogen) atoms. The molecule has 9 nitrogen and oxygen atoms in total. The predicted molar refractivity (Wildman–Crippen MR) is 86.1 cm³/mol. The van der Waals surface area contributed by atoms with Crippen LogP contribution in [-0.4, -0.2) is 49.5 Å². The van der Waals surface area contributed by atoms with E-state index in [4.69, 9.17) is 12.7 Å². The van der Waals surface area contributed by atoms with Crippen molar-refractivity contribution in [2.24, 2.45) is 7.05 Å². The van der Waals surface area contributed by atoms with Crippen molar-refractivity contribution in [2.45, 2.75) is 18.9 Å². The van der Waals surface area contributed by atoms with Gasteiger partial charge in [0, 0.05) is 17.2 Å². The van der Waals surface area contributed by atoms with Gasteiger partial charge in [0.2, 0.25) is 11.8 Å². The van der Waals surface area contributed by atoms with Crippen LogP contribution < -0.4 is 9.97 Å². The summed E-state index contributed by atoms with van der Waals surface area (Å²) in [6, 6.07) is 5.85. The number of aryl methyl sites for hydroxylation is 1. The first-order valence-corrected chi connectivity index (χ1v) is 7.45. The molecule has 0 unspecified atom stereocenters. The van der Waals surface area contributed by atoms with Crippen molar-refractivity contribution in [1.29, 1.82) is 0 Å². The Balaban J connectivity index is 1.64. The maximum Gasteiger partial charge on any atom is 0.374 e. The second kappa shape index (κ2) is 5.87. The molecule has 4 rings (SSSR count). The van der Waals surface area contributed by atoms with Crippen LogP contribution in [0.25, 0.3) is 22.6 Å². The summed E-state index contributed by atoms with van der Waals surface area (Å²) in [7, 11) is 7.10. The molecular formula is C14H13BN8O. The molecule has 0 amide bonds. The van der Waals surface area contributed by atoms with Crippen molar-refractivity contribution >= 4 is 14.0 Å². The highest BCUT2D eigenvalue weighted by molar-refractivity contribution is 6.00. The smallest absolute Gasteiger partial charge is 0.374 e. The van der Waals surface area contributed by atoms with Gasteiger partial charge in [-0.3, -0.25) is 0 Å². The lowest BCUT2D eigenvalue weighted by Crippen LogP contribution is -2.06. The minimum absolute atomic E-state index is 0.430. The molecule has 2 aromatic heterocycles. The van der Waals surface area contributed by atoms with Crippen molar-refractivity contribution in [3.05, 3.63) is 24.4 Å². The first-order valence-electron chi connectivity index (χ1n) is 7.45. The zero-order valence-electron chi connectivity index (χ0n) is 12.9. The monoisotopic (exact) mass is 320 g/mol. The normalized spacial score (nSPS) is 13.7. The van der Waals surface area contributed by atoms with Gasteiger partial charge in [-0.1, -0.05) is 6.07 Å². The third-order valence-corrected chi connectivity index (χ3v) is 3.62. The SMILES string of the molecule is [B]Oc1cc(-c2nnn(C)n2)ccc1-c1cnc(NC2CC2)nn1. The molecule has 1 aliphatic rings. The van der Waals surface area contributed by atoms with E-state index in [0.717, 1.165) is 18.4 Å². The standard InChI is InChI=1S/C14H13BN8O/c1-23-21-13(19-22-23)8-2-5-10(12(6-8)24-15)11-7-16-14(20-18-11)17-9-3-4-9/h2,5-7,9H,3-4H2,1H3,(H,16,17,20). The topological polar surface area (TPSA) is 104 Å². The van der Waals surface area contributed by atoms with E-state index in [1.54, 1.807) is 19.3 Å². The molecule has 1 saturated carbocycles. The molecule has 2 heterocycles. The molecule has 0 aliphatic heterocycles. The summed E-state index contributed by atoms with van der Waals surface area (Å²) >= 11 is 0. The Labute approximate surface area is 138 Å². The van der Waals surface area contributed by atoms with Gasteiger partial charge in [0.25, 0.3) is 0 Å². The fourth-order valence-electron chi connectivity index (χ4n) is 2.25. The molecule has 3 aromatic rings. The summed E-state index contributed by atoms with van der Waals surface area (Å²) in [5.41, 5.74) is 1.99. The number of tetrazole rings is 1. The van der Waals surface area contributed by atoms with Gasteiger partial charge in [0.15, 0.2) is 0 Å². The van der Waals surface area contributed by atoms with Gasteiger partial charge in [0.1, 0.15) is 11.4 Å². The Morgan fingerprint density at radius 1 is 1.25 bits per heavy atom. The molecule has 118 valence electrons. The van der Waals surface area contributed by atoms with Crippen LogP contribution in [0.5, 0.6) is 5.75 Å². The van der Waals surface area contributed by atoms with E-state index < -0.39 is 0 Å². The molecule has 0 atom stereocenters. The third kappa shape index (κ3) is 2.90. The third-order valence-electron chi connectivity index (χ3n) is 3.62. The maximum absolute atomic E-state index is 5.40. The highest BCUT2D eigenvalue weighted by Gasteiger charge is 2.22. The average molecular weight is 320 g/mol. The summed E-state index contributed by atoms with van der Waals surface area (Å²) in [5, 5.41) is 23.4. The number of anilines is 1. The van der Waals surface area contributed by atoms with Crippen LogP contribution in [0.15, 0.2) is 24.4 Å². The molecule has 1 fully saturated rings. The molecule has 0 spiro atoms. The summed E-state index contributed by atoms with van der Waals surface area (Å²) in [4.78, 5) is 5.66. The number of hydrogen-bond donors (Lipinski definition) is 1. The Morgan fingerprint density at radius 3 is 2.75 bits per heavy atom. The largest absolute Gasteiger partial charge is 0.567 e. The van der Waals surface area contributed by atoms with E-state index in [0.29, 0.717) is 34.8 Å². The minimum Gasteiger partial charge on any atom is -0.567 e. The van der Waals surface area contributed by atoms with Crippen molar-refractivity contribution in [1.82, 2.24) is 35.4 Å². The second-order valence-corrected chi connectivity index (χ2v) is 5.52.